The lowest BCUT2D eigenvalue weighted by molar-refractivity contribution is -0.137. The first kappa shape index (κ1) is 21.8. The molecule has 1 aromatic carbocycles. The fourth-order valence-electron chi connectivity index (χ4n) is 2.33. The fraction of sp³-hybridized carbons (Fsp3) is 0.167. The molecule has 0 aliphatic rings. The van der Waals surface area contributed by atoms with E-state index in [0.717, 1.165) is 0 Å². The Bertz CT molecular complexity index is 959. The summed E-state index contributed by atoms with van der Waals surface area (Å²) in [4.78, 5) is 43.2. The van der Waals surface area contributed by atoms with Gasteiger partial charge in [-0.2, -0.15) is 0 Å². The van der Waals surface area contributed by atoms with Crippen molar-refractivity contribution in [2.24, 2.45) is 16.5 Å². The summed E-state index contributed by atoms with van der Waals surface area (Å²) >= 11 is 3.26. The third-order valence-electron chi connectivity index (χ3n) is 3.58. The van der Waals surface area contributed by atoms with Crippen LogP contribution in [0.3, 0.4) is 0 Å². The van der Waals surface area contributed by atoms with E-state index in [1.165, 1.54) is 12.3 Å². The minimum Gasteiger partial charge on any atom is -0.481 e. The number of pyridine rings is 1. The first-order valence-corrected chi connectivity index (χ1v) is 9.18. The maximum atomic E-state index is 12.2. The number of nitrogens with two attached hydrogens (primary N) is 2. The van der Waals surface area contributed by atoms with E-state index in [4.69, 9.17) is 16.6 Å². The second-order valence-corrected chi connectivity index (χ2v) is 6.79. The topological polar surface area (TPSA) is 173 Å². The maximum absolute atomic E-state index is 12.2. The summed E-state index contributed by atoms with van der Waals surface area (Å²) in [5, 5.41) is 13.9. The molecule has 2 rings (SSSR count). The number of benzene rings is 1. The van der Waals surface area contributed by atoms with Gasteiger partial charge in [0.05, 0.1) is 12.2 Å². The van der Waals surface area contributed by atoms with Gasteiger partial charge in [0.2, 0.25) is 5.91 Å². The van der Waals surface area contributed by atoms with Crippen molar-refractivity contribution in [2.75, 3.05) is 11.9 Å². The van der Waals surface area contributed by atoms with Gasteiger partial charge in [-0.1, -0.05) is 6.07 Å². The Morgan fingerprint density at radius 2 is 1.97 bits per heavy atom. The number of carbonyl (C=O) groups is 3. The summed E-state index contributed by atoms with van der Waals surface area (Å²) in [5.74, 6) is -1.85. The van der Waals surface area contributed by atoms with Crippen molar-refractivity contribution < 1.29 is 19.5 Å². The predicted molar refractivity (Wildman–Crippen MR) is 111 cm³/mol. The van der Waals surface area contributed by atoms with Gasteiger partial charge >= 0.3 is 5.97 Å². The molecule has 1 heterocycles. The van der Waals surface area contributed by atoms with Crippen molar-refractivity contribution in [3.63, 3.8) is 0 Å². The van der Waals surface area contributed by atoms with Gasteiger partial charge in [-0.25, -0.2) is 9.98 Å². The van der Waals surface area contributed by atoms with Crippen LogP contribution in [0.5, 0.6) is 0 Å². The summed E-state index contributed by atoms with van der Waals surface area (Å²) < 4.78 is 0.657. The highest BCUT2D eigenvalue weighted by Crippen LogP contribution is 2.19. The molecule has 2 amide bonds. The highest BCUT2D eigenvalue weighted by atomic mass is 79.9. The Kier molecular flexibility index (Phi) is 7.66. The smallest absolute Gasteiger partial charge is 0.303 e. The van der Waals surface area contributed by atoms with E-state index in [9.17, 15) is 14.4 Å². The molecule has 152 valence electrons. The lowest BCUT2D eigenvalue weighted by Crippen LogP contribution is -2.33. The molecule has 11 heteroatoms. The van der Waals surface area contributed by atoms with E-state index in [1.807, 2.05) is 0 Å². The van der Waals surface area contributed by atoms with Crippen LogP contribution in [-0.4, -0.2) is 40.4 Å². The summed E-state index contributed by atoms with van der Waals surface area (Å²) in [6, 6.07) is 7.95. The zero-order valence-electron chi connectivity index (χ0n) is 15.2. The molecule has 1 aromatic heterocycles. The van der Waals surface area contributed by atoms with Gasteiger partial charge in [0.15, 0.2) is 5.96 Å². The van der Waals surface area contributed by atoms with Crippen molar-refractivity contribution in [2.45, 2.75) is 12.8 Å². The van der Waals surface area contributed by atoms with Gasteiger partial charge in [-0.05, 0) is 52.2 Å². The molecule has 0 radical (unpaired) electrons. The van der Waals surface area contributed by atoms with Crippen LogP contribution < -0.4 is 22.1 Å². The van der Waals surface area contributed by atoms with Crippen molar-refractivity contribution >= 4 is 51.2 Å². The van der Waals surface area contributed by atoms with Gasteiger partial charge in [0.1, 0.15) is 5.82 Å². The highest BCUT2D eigenvalue weighted by molar-refractivity contribution is 9.10. The van der Waals surface area contributed by atoms with E-state index in [-0.39, 0.29) is 36.7 Å². The Hall–Kier alpha value is -3.47. The van der Waals surface area contributed by atoms with Crippen molar-refractivity contribution in [3.8, 4) is 0 Å². The average Bonchev–Trinajstić information content (AvgIpc) is 2.66. The zero-order chi connectivity index (χ0) is 21.4. The largest absolute Gasteiger partial charge is 0.481 e. The molecule has 0 aliphatic heterocycles. The minimum absolute atomic E-state index is 0.107. The molecular formula is C18H19BrN6O4. The van der Waals surface area contributed by atoms with Gasteiger partial charge in [0, 0.05) is 22.7 Å². The summed E-state index contributed by atoms with van der Waals surface area (Å²) in [5.41, 5.74) is 11.9. The molecule has 0 spiro atoms. The molecule has 2 aromatic rings. The van der Waals surface area contributed by atoms with E-state index in [1.54, 1.807) is 24.3 Å². The number of hydrogen-bond donors (Lipinski definition) is 5. The van der Waals surface area contributed by atoms with Gasteiger partial charge in [-0.15, -0.1) is 0 Å². The number of aliphatic carboxylic acids is 1. The number of nitrogens with zero attached hydrogens (tertiary/aromatic N) is 2. The lowest BCUT2D eigenvalue weighted by Gasteiger charge is -2.11. The molecule has 0 atom stereocenters. The van der Waals surface area contributed by atoms with Crippen LogP contribution >= 0.6 is 15.9 Å². The molecule has 0 saturated carbocycles. The average molecular weight is 463 g/mol. The number of aromatic nitrogens is 1. The molecular weight excluding hydrogens is 444 g/mol. The molecule has 10 nitrogen and oxygen atoms in total. The summed E-state index contributed by atoms with van der Waals surface area (Å²) in [7, 11) is 0. The third-order valence-corrected chi connectivity index (χ3v) is 4.01. The second-order valence-electron chi connectivity index (χ2n) is 5.87. The SMILES string of the molecule is NC(N)=Nc1cccc(C(=O)NCC(=O)Nc2ncc(Br)cc2CCC(=O)O)c1. The minimum atomic E-state index is -0.961. The standard InChI is InChI=1S/C18H19BrN6O4/c19-12-6-10(4-5-15(27)28)16(22-8-12)25-14(26)9-23-17(29)11-2-1-3-13(7-11)24-18(20)21/h1-3,6-8H,4-5,9H2,(H,23,29)(H,27,28)(H4,20,21,24)(H,22,25,26). The van der Waals surface area contributed by atoms with Crippen LogP contribution in [0, 0.1) is 0 Å². The van der Waals surface area contributed by atoms with Crippen molar-refractivity contribution in [1.29, 1.82) is 0 Å². The van der Waals surface area contributed by atoms with Crippen LogP contribution in [0.2, 0.25) is 0 Å². The van der Waals surface area contributed by atoms with Crippen LogP contribution in [0.25, 0.3) is 0 Å². The Balaban J connectivity index is 1.99. The van der Waals surface area contributed by atoms with E-state index in [2.05, 4.69) is 36.5 Å². The first-order valence-electron chi connectivity index (χ1n) is 8.38. The molecule has 0 aliphatic carbocycles. The highest BCUT2D eigenvalue weighted by Gasteiger charge is 2.13. The van der Waals surface area contributed by atoms with Crippen molar-refractivity contribution in [3.05, 3.63) is 52.1 Å². The zero-order valence-corrected chi connectivity index (χ0v) is 16.8. The quantitative estimate of drug-likeness (QED) is 0.288. The molecule has 7 N–H and O–H groups in total. The van der Waals surface area contributed by atoms with Gasteiger partial charge < -0.3 is 27.2 Å². The van der Waals surface area contributed by atoms with Gasteiger partial charge in [-0.3, -0.25) is 14.4 Å². The number of carboxylic acid groups (broad SMARTS) is 1. The summed E-state index contributed by atoms with van der Waals surface area (Å²) in [6.07, 6.45) is 1.57. The molecule has 0 fully saturated rings. The molecule has 0 unspecified atom stereocenters. The van der Waals surface area contributed by atoms with Crippen LogP contribution in [0.4, 0.5) is 11.5 Å². The number of guanidine groups is 1. The second kappa shape index (κ2) is 10.2. The number of aryl methyl sites for hydroxylation is 1. The predicted octanol–water partition coefficient (Wildman–Crippen LogP) is 1.13. The summed E-state index contributed by atoms with van der Waals surface area (Å²) in [6.45, 7) is -0.304. The monoisotopic (exact) mass is 462 g/mol. The van der Waals surface area contributed by atoms with Crippen LogP contribution in [0.15, 0.2) is 46.0 Å². The third kappa shape index (κ3) is 7.22. The number of nitrogens with one attached hydrogen (secondary N) is 2. The fourth-order valence-corrected chi connectivity index (χ4v) is 2.71. The molecule has 29 heavy (non-hydrogen) atoms. The first-order chi connectivity index (χ1) is 13.7. The number of aliphatic imine (C=N–C) groups is 1. The maximum Gasteiger partial charge on any atom is 0.303 e. The van der Waals surface area contributed by atoms with E-state index in [0.29, 0.717) is 15.7 Å². The van der Waals surface area contributed by atoms with Gasteiger partial charge in [0.25, 0.3) is 5.91 Å². The van der Waals surface area contributed by atoms with Crippen LogP contribution in [0.1, 0.15) is 22.3 Å². The number of anilines is 1. The van der Waals surface area contributed by atoms with Crippen LogP contribution in [-0.2, 0) is 16.0 Å². The van der Waals surface area contributed by atoms with E-state index < -0.39 is 17.8 Å². The Morgan fingerprint density at radius 1 is 1.21 bits per heavy atom. The Labute approximate surface area is 174 Å². The number of rotatable bonds is 8. The number of carbonyl (C=O) groups excluding carboxylic acids is 2. The normalized spacial score (nSPS) is 10.1. The lowest BCUT2D eigenvalue weighted by atomic mass is 10.1. The number of hydrogen-bond acceptors (Lipinski definition) is 5. The number of halogens is 1. The number of amides is 2. The van der Waals surface area contributed by atoms with E-state index >= 15 is 0 Å². The molecule has 0 bridgehead atoms. The number of carboxylic acids is 1. The van der Waals surface area contributed by atoms with Crippen molar-refractivity contribution in [1.82, 2.24) is 10.3 Å². The molecule has 0 saturated heterocycles. The Morgan fingerprint density at radius 3 is 2.66 bits per heavy atom.